The summed E-state index contributed by atoms with van der Waals surface area (Å²) in [6.07, 6.45) is 9.79. The Bertz CT molecular complexity index is 337. The van der Waals surface area contributed by atoms with Crippen LogP contribution in [0.15, 0.2) is 0 Å². The Hall–Kier alpha value is -0.770. The summed E-state index contributed by atoms with van der Waals surface area (Å²) in [6.45, 7) is 5.75. The molecular weight excluding hydrogens is 264 g/mol. The molecule has 1 N–H and O–H groups in total. The third kappa shape index (κ3) is 5.17. The van der Waals surface area contributed by atoms with Crippen molar-refractivity contribution in [3.63, 3.8) is 0 Å². The van der Waals surface area contributed by atoms with Gasteiger partial charge in [-0.15, -0.1) is 0 Å². The van der Waals surface area contributed by atoms with Gasteiger partial charge in [0.25, 0.3) is 0 Å². The van der Waals surface area contributed by atoms with Crippen LogP contribution < -0.4 is 5.32 Å². The van der Waals surface area contributed by atoms with Crippen molar-refractivity contribution < 1.29 is 9.53 Å². The van der Waals surface area contributed by atoms with Gasteiger partial charge in [-0.1, -0.05) is 12.8 Å². The van der Waals surface area contributed by atoms with E-state index in [1.165, 1.54) is 38.5 Å². The lowest BCUT2D eigenvalue weighted by Gasteiger charge is -2.36. The number of nitrogens with one attached hydrogen (secondary N) is 1. The van der Waals surface area contributed by atoms with Crippen LogP contribution in [-0.4, -0.2) is 41.8 Å². The van der Waals surface area contributed by atoms with Crippen LogP contribution >= 0.6 is 0 Å². The third-order valence-corrected chi connectivity index (χ3v) is 4.75. The minimum Gasteiger partial charge on any atom is -0.444 e. The molecule has 4 heteroatoms. The van der Waals surface area contributed by atoms with Crippen molar-refractivity contribution in [3.05, 3.63) is 0 Å². The molecule has 1 amide bonds. The molecule has 0 aromatic rings. The summed E-state index contributed by atoms with van der Waals surface area (Å²) < 4.78 is 5.46. The fourth-order valence-corrected chi connectivity index (χ4v) is 3.54. The van der Waals surface area contributed by atoms with Gasteiger partial charge in [-0.2, -0.15) is 0 Å². The molecule has 0 bridgehead atoms. The molecule has 0 aromatic carbocycles. The monoisotopic (exact) mass is 296 g/mol. The number of amides is 1. The van der Waals surface area contributed by atoms with Gasteiger partial charge < -0.3 is 15.0 Å². The molecule has 2 rings (SSSR count). The van der Waals surface area contributed by atoms with Crippen molar-refractivity contribution in [1.29, 1.82) is 0 Å². The number of hydrogen-bond acceptors (Lipinski definition) is 3. The van der Waals surface area contributed by atoms with Crippen molar-refractivity contribution >= 4 is 6.09 Å². The first-order chi connectivity index (χ1) is 9.85. The van der Waals surface area contributed by atoms with Crippen molar-refractivity contribution in [3.8, 4) is 0 Å². The van der Waals surface area contributed by atoms with Gasteiger partial charge in [0.1, 0.15) is 5.60 Å². The molecule has 2 aliphatic carbocycles. The van der Waals surface area contributed by atoms with E-state index in [2.05, 4.69) is 5.32 Å². The van der Waals surface area contributed by atoms with Gasteiger partial charge in [-0.3, -0.25) is 0 Å². The molecular formula is C17H32N2O2. The van der Waals surface area contributed by atoms with Gasteiger partial charge in [0, 0.05) is 25.2 Å². The van der Waals surface area contributed by atoms with Crippen LogP contribution in [0.1, 0.15) is 72.1 Å². The Morgan fingerprint density at radius 2 is 1.52 bits per heavy atom. The van der Waals surface area contributed by atoms with Crippen molar-refractivity contribution in [2.24, 2.45) is 0 Å². The van der Waals surface area contributed by atoms with Gasteiger partial charge in [0.05, 0.1) is 0 Å². The lowest BCUT2D eigenvalue weighted by Crippen LogP contribution is -2.46. The minimum absolute atomic E-state index is 0.185. The van der Waals surface area contributed by atoms with Crippen LogP contribution in [0.4, 0.5) is 4.79 Å². The first-order valence-corrected chi connectivity index (χ1v) is 8.57. The maximum absolute atomic E-state index is 12.1. The molecule has 122 valence electrons. The van der Waals surface area contributed by atoms with Crippen molar-refractivity contribution in [2.75, 3.05) is 7.05 Å². The normalized spacial score (nSPS) is 27.6. The van der Waals surface area contributed by atoms with E-state index in [9.17, 15) is 4.79 Å². The highest BCUT2D eigenvalue weighted by atomic mass is 16.6. The smallest absolute Gasteiger partial charge is 0.410 e. The van der Waals surface area contributed by atoms with Crippen molar-refractivity contribution in [2.45, 2.75) is 95.9 Å². The first kappa shape index (κ1) is 16.6. The number of hydrogen-bond donors (Lipinski definition) is 1. The predicted octanol–water partition coefficient (Wildman–Crippen LogP) is 3.70. The molecule has 0 heterocycles. The quantitative estimate of drug-likeness (QED) is 0.863. The second-order valence-corrected chi connectivity index (χ2v) is 7.74. The predicted molar refractivity (Wildman–Crippen MR) is 85.4 cm³/mol. The number of carbonyl (C=O) groups excluding carboxylic acids is 1. The van der Waals surface area contributed by atoms with Crippen molar-refractivity contribution in [1.82, 2.24) is 10.2 Å². The van der Waals surface area contributed by atoms with E-state index in [4.69, 9.17) is 4.74 Å². The molecule has 0 spiro atoms. The Labute approximate surface area is 129 Å². The van der Waals surface area contributed by atoms with Crippen LogP contribution in [0.3, 0.4) is 0 Å². The minimum atomic E-state index is -0.410. The van der Waals surface area contributed by atoms with Crippen LogP contribution in [-0.2, 0) is 4.74 Å². The summed E-state index contributed by atoms with van der Waals surface area (Å²) in [5, 5.41) is 3.81. The van der Waals surface area contributed by atoms with Crippen LogP contribution in [0.5, 0.6) is 0 Å². The Kier molecular flexibility index (Phi) is 5.53. The summed E-state index contributed by atoms with van der Waals surface area (Å²) in [7, 11) is 1.88. The van der Waals surface area contributed by atoms with E-state index in [-0.39, 0.29) is 6.09 Å². The number of rotatable bonds is 3. The maximum atomic E-state index is 12.1. The Morgan fingerprint density at radius 3 is 2.05 bits per heavy atom. The lowest BCUT2D eigenvalue weighted by atomic mass is 9.90. The second kappa shape index (κ2) is 6.99. The fourth-order valence-electron chi connectivity index (χ4n) is 3.54. The topological polar surface area (TPSA) is 41.6 Å². The summed E-state index contributed by atoms with van der Waals surface area (Å²) in [6, 6.07) is 1.73. The highest BCUT2D eigenvalue weighted by molar-refractivity contribution is 5.68. The van der Waals surface area contributed by atoms with Crippen LogP contribution in [0, 0.1) is 0 Å². The van der Waals surface area contributed by atoms with Gasteiger partial charge in [0.2, 0.25) is 0 Å². The largest absolute Gasteiger partial charge is 0.444 e. The van der Waals surface area contributed by atoms with Gasteiger partial charge in [-0.25, -0.2) is 4.79 Å². The number of nitrogens with zero attached hydrogens (tertiary/aromatic N) is 1. The summed E-state index contributed by atoms with van der Waals surface area (Å²) in [5.41, 5.74) is -0.410. The van der Waals surface area contributed by atoms with E-state index in [1.54, 1.807) is 4.90 Å². The van der Waals surface area contributed by atoms with Crippen LogP contribution in [0.25, 0.3) is 0 Å². The highest BCUT2D eigenvalue weighted by Crippen LogP contribution is 2.26. The molecule has 0 radical (unpaired) electrons. The highest BCUT2D eigenvalue weighted by Gasteiger charge is 2.30. The van der Waals surface area contributed by atoms with E-state index in [0.29, 0.717) is 12.1 Å². The molecule has 0 atom stereocenters. The number of carbonyl (C=O) groups is 1. The molecule has 0 aliphatic heterocycles. The van der Waals surface area contributed by atoms with Gasteiger partial charge in [0.15, 0.2) is 0 Å². The van der Waals surface area contributed by atoms with E-state index < -0.39 is 5.60 Å². The average molecular weight is 296 g/mol. The molecule has 2 saturated carbocycles. The maximum Gasteiger partial charge on any atom is 0.410 e. The standard InChI is InChI=1S/C17H32N2O2/c1-17(2,3)21-16(20)19(4)15-11-9-14(10-12-15)18-13-7-5-6-8-13/h13-15,18H,5-12H2,1-4H3. The zero-order chi connectivity index (χ0) is 15.5. The summed E-state index contributed by atoms with van der Waals surface area (Å²) in [4.78, 5) is 13.9. The zero-order valence-corrected chi connectivity index (χ0v) is 14.2. The van der Waals surface area contributed by atoms with E-state index >= 15 is 0 Å². The Morgan fingerprint density at radius 1 is 1.00 bits per heavy atom. The number of ether oxygens (including phenoxy) is 1. The first-order valence-electron chi connectivity index (χ1n) is 8.57. The molecule has 2 fully saturated rings. The summed E-state index contributed by atoms with van der Waals surface area (Å²) in [5.74, 6) is 0. The fraction of sp³-hybridized carbons (Fsp3) is 0.941. The van der Waals surface area contributed by atoms with Gasteiger partial charge in [-0.05, 0) is 59.3 Å². The van der Waals surface area contributed by atoms with E-state index in [1.807, 2.05) is 27.8 Å². The average Bonchev–Trinajstić information content (AvgIpc) is 2.90. The SMILES string of the molecule is CN(C(=O)OC(C)(C)C)C1CCC(NC2CCCC2)CC1. The molecule has 21 heavy (non-hydrogen) atoms. The Balaban J connectivity index is 1.73. The van der Waals surface area contributed by atoms with Gasteiger partial charge >= 0.3 is 6.09 Å². The third-order valence-electron chi connectivity index (χ3n) is 4.75. The molecule has 0 saturated heterocycles. The molecule has 0 unspecified atom stereocenters. The van der Waals surface area contributed by atoms with E-state index in [0.717, 1.165) is 18.9 Å². The second-order valence-electron chi connectivity index (χ2n) is 7.74. The lowest BCUT2D eigenvalue weighted by molar-refractivity contribution is 0.0178. The zero-order valence-electron chi connectivity index (χ0n) is 14.2. The molecule has 2 aliphatic rings. The van der Waals surface area contributed by atoms with Crippen LogP contribution in [0.2, 0.25) is 0 Å². The summed E-state index contributed by atoms with van der Waals surface area (Å²) >= 11 is 0. The molecule has 4 nitrogen and oxygen atoms in total. The molecule has 0 aromatic heterocycles.